The molecule has 0 aliphatic rings. The molecule has 0 radical (unpaired) electrons. The molecule has 4 heteroatoms. The first-order valence-corrected chi connectivity index (χ1v) is 5.94. The lowest BCUT2D eigenvalue weighted by atomic mass is 10.2. The van der Waals surface area contributed by atoms with Gasteiger partial charge in [-0.25, -0.2) is 0 Å². The van der Waals surface area contributed by atoms with Crippen LogP contribution in [0, 0.1) is 0 Å². The van der Waals surface area contributed by atoms with E-state index in [-0.39, 0.29) is 0 Å². The summed E-state index contributed by atoms with van der Waals surface area (Å²) in [6.07, 6.45) is 4.97. The third-order valence-electron chi connectivity index (χ3n) is 2.50. The highest BCUT2D eigenvalue weighted by atomic mass is 35.5. The molecule has 0 spiro atoms. The first-order valence-electron chi connectivity index (χ1n) is 5.56. The molecule has 1 aromatic heterocycles. The summed E-state index contributed by atoms with van der Waals surface area (Å²) in [4.78, 5) is 14.9. The zero-order chi connectivity index (χ0) is 12.8. The number of pyridine rings is 1. The first-order chi connectivity index (χ1) is 8.81. The van der Waals surface area contributed by atoms with Crippen molar-refractivity contribution in [3.63, 3.8) is 0 Å². The van der Waals surface area contributed by atoms with Crippen LogP contribution in [-0.4, -0.2) is 17.9 Å². The van der Waals surface area contributed by atoms with Gasteiger partial charge < -0.3 is 4.74 Å². The van der Waals surface area contributed by atoms with Crippen molar-refractivity contribution in [2.24, 2.45) is 0 Å². The molecular formula is C14H12ClNO2. The van der Waals surface area contributed by atoms with Crippen LogP contribution in [0.15, 0.2) is 42.7 Å². The van der Waals surface area contributed by atoms with E-state index in [1.54, 1.807) is 30.6 Å². The van der Waals surface area contributed by atoms with Crippen LogP contribution in [0.1, 0.15) is 15.9 Å². The average molecular weight is 262 g/mol. The van der Waals surface area contributed by atoms with E-state index in [2.05, 4.69) is 4.98 Å². The lowest BCUT2D eigenvalue weighted by molar-refractivity contribution is 0.112. The minimum atomic E-state index is 0.394. The number of hydrogen-bond acceptors (Lipinski definition) is 3. The van der Waals surface area contributed by atoms with Gasteiger partial charge in [0, 0.05) is 18.8 Å². The Balaban J connectivity index is 1.99. The highest BCUT2D eigenvalue weighted by Gasteiger charge is 2.06. The molecule has 0 saturated carbocycles. The van der Waals surface area contributed by atoms with Gasteiger partial charge in [0.25, 0.3) is 0 Å². The smallest absolute Gasteiger partial charge is 0.155 e. The number of nitrogens with zero attached hydrogens (tertiary/aromatic N) is 1. The van der Waals surface area contributed by atoms with Crippen molar-refractivity contribution in [3.05, 3.63) is 58.9 Å². The fourth-order valence-electron chi connectivity index (χ4n) is 1.58. The van der Waals surface area contributed by atoms with Crippen molar-refractivity contribution in [1.29, 1.82) is 0 Å². The van der Waals surface area contributed by atoms with Gasteiger partial charge in [0.1, 0.15) is 5.75 Å². The Morgan fingerprint density at radius 1 is 1.28 bits per heavy atom. The monoisotopic (exact) mass is 261 g/mol. The van der Waals surface area contributed by atoms with E-state index < -0.39 is 0 Å². The highest BCUT2D eigenvalue weighted by Crippen LogP contribution is 2.24. The quantitative estimate of drug-likeness (QED) is 0.776. The number of benzene rings is 1. The zero-order valence-electron chi connectivity index (χ0n) is 9.67. The molecule has 3 nitrogen and oxygen atoms in total. The molecule has 1 heterocycles. The van der Waals surface area contributed by atoms with Gasteiger partial charge in [-0.05, 0) is 23.8 Å². The molecule has 0 bridgehead atoms. The fourth-order valence-corrected chi connectivity index (χ4v) is 1.79. The molecule has 0 aliphatic carbocycles. The summed E-state index contributed by atoms with van der Waals surface area (Å²) in [5.74, 6) is 0.515. The number of ether oxygens (including phenoxy) is 1. The molecule has 1 aromatic carbocycles. The second-order valence-electron chi connectivity index (χ2n) is 3.73. The SMILES string of the molecule is O=Cc1c(Cl)cccc1OCCc1cccnc1. The number of hydrogen-bond donors (Lipinski definition) is 0. The lowest BCUT2D eigenvalue weighted by Crippen LogP contribution is -2.03. The summed E-state index contributed by atoms with van der Waals surface area (Å²) in [6.45, 7) is 0.479. The van der Waals surface area contributed by atoms with Crippen LogP contribution in [0.3, 0.4) is 0 Å². The Kier molecular flexibility index (Phi) is 4.31. The van der Waals surface area contributed by atoms with Gasteiger partial charge in [0.05, 0.1) is 17.2 Å². The van der Waals surface area contributed by atoms with Crippen molar-refractivity contribution < 1.29 is 9.53 Å². The Hall–Kier alpha value is -1.87. The van der Waals surface area contributed by atoms with E-state index in [0.717, 1.165) is 12.0 Å². The molecule has 2 aromatic rings. The van der Waals surface area contributed by atoms with Crippen molar-refractivity contribution >= 4 is 17.9 Å². The predicted molar refractivity (Wildman–Crippen MR) is 70.3 cm³/mol. The molecular weight excluding hydrogens is 250 g/mol. The van der Waals surface area contributed by atoms with Crippen molar-refractivity contribution in [3.8, 4) is 5.75 Å². The van der Waals surface area contributed by atoms with E-state index >= 15 is 0 Å². The van der Waals surface area contributed by atoms with Gasteiger partial charge in [-0.3, -0.25) is 9.78 Å². The largest absolute Gasteiger partial charge is 0.492 e. The van der Waals surface area contributed by atoms with Crippen molar-refractivity contribution in [2.75, 3.05) is 6.61 Å². The third-order valence-corrected chi connectivity index (χ3v) is 2.83. The molecule has 2 rings (SSSR count). The van der Waals surface area contributed by atoms with E-state index in [9.17, 15) is 4.79 Å². The molecule has 0 aliphatic heterocycles. The maximum Gasteiger partial charge on any atom is 0.155 e. The van der Waals surface area contributed by atoms with Crippen LogP contribution in [0.25, 0.3) is 0 Å². The Labute approximate surface area is 110 Å². The van der Waals surface area contributed by atoms with Crippen LogP contribution in [-0.2, 0) is 6.42 Å². The van der Waals surface area contributed by atoms with Crippen LogP contribution >= 0.6 is 11.6 Å². The van der Waals surface area contributed by atoms with E-state index in [0.29, 0.717) is 29.2 Å². The maximum atomic E-state index is 10.9. The minimum Gasteiger partial charge on any atom is -0.492 e. The summed E-state index contributed by atoms with van der Waals surface area (Å²) < 4.78 is 5.57. The van der Waals surface area contributed by atoms with Gasteiger partial charge in [-0.2, -0.15) is 0 Å². The van der Waals surface area contributed by atoms with Gasteiger partial charge in [0.15, 0.2) is 6.29 Å². The average Bonchev–Trinajstić information content (AvgIpc) is 2.40. The molecule has 0 N–H and O–H groups in total. The Bertz CT molecular complexity index is 529. The van der Waals surface area contributed by atoms with Crippen LogP contribution in [0.2, 0.25) is 5.02 Å². The first kappa shape index (κ1) is 12.6. The van der Waals surface area contributed by atoms with E-state index in [1.807, 2.05) is 12.1 Å². The third kappa shape index (κ3) is 3.08. The minimum absolute atomic E-state index is 0.394. The van der Waals surface area contributed by atoms with Crippen LogP contribution in [0.4, 0.5) is 0 Å². The summed E-state index contributed by atoms with van der Waals surface area (Å²) >= 11 is 5.90. The summed E-state index contributed by atoms with van der Waals surface area (Å²) in [5, 5.41) is 0.406. The van der Waals surface area contributed by atoms with Gasteiger partial charge in [-0.1, -0.05) is 23.7 Å². The number of rotatable bonds is 5. The highest BCUT2D eigenvalue weighted by molar-refractivity contribution is 6.33. The number of aldehydes is 1. The lowest BCUT2D eigenvalue weighted by Gasteiger charge is -2.09. The molecule has 18 heavy (non-hydrogen) atoms. The summed E-state index contributed by atoms with van der Waals surface area (Å²) in [5.41, 5.74) is 1.48. The maximum absolute atomic E-state index is 10.9. The van der Waals surface area contributed by atoms with Gasteiger partial charge >= 0.3 is 0 Å². The number of carbonyl (C=O) groups excluding carboxylic acids is 1. The number of aromatic nitrogens is 1. The van der Waals surface area contributed by atoms with E-state index in [4.69, 9.17) is 16.3 Å². The Morgan fingerprint density at radius 3 is 2.89 bits per heavy atom. The normalized spacial score (nSPS) is 10.1. The zero-order valence-corrected chi connectivity index (χ0v) is 10.4. The summed E-state index contributed by atoms with van der Waals surface area (Å²) in [7, 11) is 0. The molecule has 0 atom stereocenters. The predicted octanol–water partition coefficient (Wildman–Crippen LogP) is 3.17. The summed E-state index contributed by atoms with van der Waals surface area (Å²) in [6, 6.07) is 9.02. The number of halogens is 1. The van der Waals surface area contributed by atoms with Crippen molar-refractivity contribution in [2.45, 2.75) is 6.42 Å². The van der Waals surface area contributed by atoms with E-state index in [1.165, 1.54) is 0 Å². The molecule has 0 unspecified atom stereocenters. The van der Waals surface area contributed by atoms with Crippen LogP contribution < -0.4 is 4.74 Å². The second kappa shape index (κ2) is 6.17. The van der Waals surface area contributed by atoms with Gasteiger partial charge in [0.2, 0.25) is 0 Å². The van der Waals surface area contributed by atoms with Crippen LogP contribution in [0.5, 0.6) is 5.75 Å². The van der Waals surface area contributed by atoms with Crippen molar-refractivity contribution in [1.82, 2.24) is 4.98 Å². The standard InChI is InChI=1S/C14H12ClNO2/c15-13-4-1-5-14(12(13)10-17)18-8-6-11-3-2-7-16-9-11/h1-5,7,9-10H,6,8H2. The second-order valence-corrected chi connectivity index (χ2v) is 4.14. The molecule has 0 amide bonds. The molecule has 0 saturated heterocycles. The fraction of sp³-hybridized carbons (Fsp3) is 0.143. The Morgan fingerprint density at radius 2 is 2.17 bits per heavy atom. The molecule has 92 valence electrons. The topological polar surface area (TPSA) is 39.2 Å². The van der Waals surface area contributed by atoms with Gasteiger partial charge in [-0.15, -0.1) is 0 Å². The number of carbonyl (C=O) groups is 1. The molecule has 0 fully saturated rings.